The number of carbonyl (C=O) groups excluding carboxylic acids is 2. The van der Waals surface area contributed by atoms with Gasteiger partial charge in [-0.1, -0.05) is 36.0 Å². The predicted molar refractivity (Wildman–Crippen MR) is 185 cm³/mol. The lowest BCUT2D eigenvalue weighted by molar-refractivity contribution is -0.130. The number of hydrogen-bond donors (Lipinski definition) is 1. The molecule has 1 aliphatic heterocycles. The van der Waals surface area contributed by atoms with Gasteiger partial charge in [-0.05, 0) is 78.5 Å². The Morgan fingerprint density at radius 1 is 0.938 bits per heavy atom. The van der Waals surface area contributed by atoms with Crippen molar-refractivity contribution in [1.82, 2.24) is 25.1 Å². The van der Waals surface area contributed by atoms with E-state index in [0.29, 0.717) is 35.3 Å². The second kappa shape index (κ2) is 15.2. The molecule has 3 aromatic carbocycles. The number of nitrogens with one attached hydrogen (secondary N) is 1. The molecule has 0 saturated carbocycles. The van der Waals surface area contributed by atoms with Crippen molar-refractivity contribution < 1.29 is 23.8 Å². The van der Waals surface area contributed by atoms with Crippen LogP contribution in [0, 0.1) is 0 Å². The van der Waals surface area contributed by atoms with E-state index in [0.717, 1.165) is 33.3 Å². The largest absolute Gasteiger partial charge is 0.497 e. The van der Waals surface area contributed by atoms with Crippen molar-refractivity contribution in [3.8, 4) is 22.9 Å². The molecule has 2 amide bonds. The summed E-state index contributed by atoms with van der Waals surface area (Å²) >= 11 is 2.86. The van der Waals surface area contributed by atoms with Gasteiger partial charge in [-0.3, -0.25) is 14.2 Å². The van der Waals surface area contributed by atoms with E-state index < -0.39 is 0 Å². The van der Waals surface area contributed by atoms with Gasteiger partial charge < -0.3 is 19.5 Å². The highest BCUT2D eigenvalue weighted by Crippen LogP contribution is 2.35. The number of thioether (sulfide) groups is 1. The summed E-state index contributed by atoms with van der Waals surface area (Å²) in [5.41, 5.74) is 3.06. The fourth-order valence-corrected chi connectivity index (χ4v) is 6.81. The van der Waals surface area contributed by atoms with Crippen LogP contribution >= 0.6 is 23.1 Å². The molecule has 0 fully saturated rings. The highest BCUT2D eigenvalue weighted by atomic mass is 32.2. The van der Waals surface area contributed by atoms with Crippen LogP contribution in [0.15, 0.2) is 101 Å². The van der Waals surface area contributed by atoms with Crippen LogP contribution in [0.3, 0.4) is 0 Å². The monoisotopic (exact) mass is 682 g/mol. The quantitative estimate of drug-likeness (QED) is 0.147. The Balaban J connectivity index is 1.24. The molecule has 1 aliphatic rings. The third-order valence-electron chi connectivity index (χ3n) is 7.64. The zero-order chi connectivity index (χ0) is 33.5. The smallest absolute Gasteiger partial charge is 0.253 e. The Morgan fingerprint density at radius 2 is 1.71 bits per heavy atom. The third-order valence-corrected chi connectivity index (χ3v) is 9.47. The van der Waals surface area contributed by atoms with Gasteiger partial charge in [0.25, 0.3) is 11.8 Å². The molecule has 3 heterocycles. The van der Waals surface area contributed by atoms with Crippen LogP contribution in [0.5, 0.6) is 17.2 Å². The van der Waals surface area contributed by atoms with E-state index in [9.17, 15) is 9.59 Å². The van der Waals surface area contributed by atoms with E-state index in [-0.39, 0.29) is 30.2 Å². The van der Waals surface area contributed by atoms with E-state index in [4.69, 9.17) is 19.3 Å². The molecular formula is C35H34N6O5S2. The lowest BCUT2D eigenvalue weighted by Crippen LogP contribution is -2.28. The van der Waals surface area contributed by atoms with Crippen LogP contribution in [0.25, 0.3) is 5.69 Å². The SMILES string of the molecule is CCOc1ccc(-n2c(CNC(=O)c3cccc(OC)c3)nnc2SCC(=O)N2N=C(c3cccs3)C[C@@H]2c2ccc(OC)cc2)cc1. The fourth-order valence-electron chi connectivity index (χ4n) is 5.26. The molecule has 1 N–H and O–H groups in total. The summed E-state index contributed by atoms with van der Waals surface area (Å²) in [5.74, 6) is 2.18. The summed E-state index contributed by atoms with van der Waals surface area (Å²) in [5, 5.41) is 20.7. The highest BCUT2D eigenvalue weighted by Gasteiger charge is 2.34. The summed E-state index contributed by atoms with van der Waals surface area (Å²) in [7, 11) is 3.18. The summed E-state index contributed by atoms with van der Waals surface area (Å²) in [6.45, 7) is 2.57. The van der Waals surface area contributed by atoms with Crippen molar-refractivity contribution in [1.29, 1.82) is 0 Å². The summed E-state index contributed by atoms with van der Waals surface area (Å²) < 4.78 is 18.1. The first kappa shape index (κ1) is 32.8. The number of methoxy groups -OCH3 is 2. The van der Waals surface area contributed by atoms with Gasteiger partial charge in [0, 0.05) is 17.7 Å². The molecule has 48 heavy (non-hydrogen) atoms. The van der Waals surface area contributed by atoms with Gasteiger partial charge in [-0.25, -0.2) is 5.01 Å². The maximum atomic E-state index is 13.9. The van der Waals surface area contributed by atoms with Crippen LogP contribution < -0.4 is 19.5 Å². The summed E-state index contributed by atoms with van der Waals surface area (Å²) in [6, 6.07) is 25.9. The Labute approximate surface area is 286 Å². The Kier molecular flexibility index (Phi) is 10.4. The molecule has 6 rings (SSSR count). The Bertz CT molecular complexity index is 1890. The van der Waals surface area contributed by atoms with Crippen LogP contribution in [0.2, 0.25) is 0 Å². The third kappa shape index (κ3) is 7.37. The van der Waals surface area contributed by atoms with Gasteiger partial charge in [-0.2, -0.15) is 5.10 Å². The zero-order valence-corrected chi connectivity index (χ0v) is 28.3. The molecule has 246 valence electrons. The lowest BCUT2D eigenvalue weighted by atomic mass is 10.0. The summed E-state index contributed by atoms with van der Waals surface area (Å²) in [6.07, 6.45) is 0.600. The normalized spacial score (nSPS) is 14.0. The molecule has 0 bridgehead atoms. The molecule has 5 aromatic rings. The first-order chi connectivity index (χ1) is 23.5. The average molecular weight is 683 g/mol. The fraction of sp³-hybridized carbons (Fsp3) is 0.229. The first-order valence-corrected chi connectivity index (χ1v) is 17.1. The van der Waals surface area contributed by atoms with Crippen molar-refractivity contribution in [2.75, 3.05) is 26.6 Å². The molecule has 0 spiro atoms. The minimum absolute atomic E-state index is 0.0687. The molecule has 0 saturated heterocycles. The van der Waals surface area contributed by atoms with Gasteiger partial charge in [-0.15, -0.1) is 21.5 Å². The standard InChI is InChI=1S/C35H34N6O5S2/c1-4-46-27-16-12-25(13-17-27)40-32(21-36-34(43)24-7-5-8-28(19-24)45-3)37-38-35(40)48-22-33(42)41-30(23-10-14-26(44-2)15-11-23)20-29(39-41)31-9-6-18-47-31/h5-19,30H,4,20-22H2,1-3H3,(H,36,43)/t30-/m1/s1. The van der Waals surface area contributed by atoms with Gasteiger partial charge >= 0.3 is 0 Å². The molecule has 11 nitrogen and oxygen atoms in total. The summed E-state index contributed by atoms with van der Waals surface area (Å²) in [4.78, 5) is 27.9. The molecule has 2 aromatic heterocycles. The maximum Gasteiger partial charge on any atom is 0.253 e. The molecule has 0 radical (unpaired) electrons. The number of ether oxygens (including phenoxy) is 3. The number of carbonyl (C=O) groups is 2. The Morgan fingerprint density at radius 3 is 2.42 bits per heavy atom. The molecule has 0 unspecified atom stereocenters. The van der Waals surface area contributed by atoms with E-state index in [1.165, 1.54) is 11.8 Å². The van der Waals surface area contributed by atoms with Crippen molar-refractivity contribution >= 4 is 40.6 Å². The van der Waals surface area contributed by atoms with Crippen LogP contribution in [-0.2, 0) is 11.3 Å². The predicted octanol–water partition coefficient (Wildman–Crippen LogP) is 6.14. The van der Waals surface area contributed by atoms with Crippen LogP contribution in [0.1, 0.15) is 46.0 Å². The second-order valence-corrected chi connectivity index (χ2v) is 12.5. The number of benzene rings is 3. The van der Waals surface area contributed by atoms with E-state index in [2.05, 4.69) is 15.5 Å². The number of rotatable bonds is 13. The first-order valence-electron chi connectivity index (χ1n) is 15.3. The number of nitrogens with zero attached hydrogens (tertiary/aromatic N) is 5. The lowest BCUT2D eigenvalue weighted by Gasteiger charge is -2.22. The van der Waals surface area contributed by atoms with Crippen molar-refractivity contribution in [3.63, 3.8) is 0 Å². The second-order valence-electron chi connectivity index (χ2n) is 10.6. The van der Waals surface area contributed by atoms with Crippen molar-refractivity contribution in [3.05, 3.63) is 112 Å². The van der Waals surface area contributed by atoms with E-state index >= 15 is 0 Å². The molecular weight excluding hydrogens is 649 g/mol. The minimum Gasteiger partial charge on any atom is -0.497 e. The number of hydrogen-bond acceptors (Lipinski definition) is 10. The van der Waals surface area contributed by atoms with Gasteiger partial charge in [0.15, 0.2) is 11.0 Å². The van der Waals surface area contributed by atoms with Crippen LogP contribution in [0.4, 0.5) is 0 Å². The topological polar surface area (TPSA) is 120 Å². The molecule has 0 aliphatic carbocycles. The number of amides is 2. The van der Waals surface area contributed by atoms with E-state index in [1.807, 2.05) is 77.5 Å². The van der Waals surface area contributed by atoms with Gasteiger partial charge in [0.05, 0.1) is 49.8 Å². The Hall–Kier alpha value is -5.14. The zero-order valence-electron chi connectivity index (χ0n) is 26.7. The average Bonchev–Trinajstić information content (AvgIpc) is 3.91. The van der Waals surface area contributed by atoms with Crippen molar-refractivity contribution in [2.45, 2.75) is 31.1 Å². The molecule has 13 heteroatoms. The van der Waals surface area contributed by atoms with Crippen molar-refractivity contribution in [2.24, 2.45) is 5.10 Å². The minimum atomic E-state index is -0.280. The number of hydrazone groups is 1. The number of aromatic nitrogens is 3. The number of thiophene rings is 1. The van der Waals surface area contributed by atoms with Crippen LogP contribution in [-0.4, -0.2) is 63.9 Å². The maximum absolute atomic E-state index is 13.9. The molecule has 1 atom stereocenters. The van der Waals surface area contributed by atoms with Gasteiger partial charge in [0.2, 0.25) is 0 Å². The van der Waals surface area contributed by atoms with Gasteiger partial charge in [0.1, 0.15) is 17.2 Å². The van der Waals surface area contributed by atoms with E-state index in [1.54, 1.807) is 54.8 Å². The highest BCUT2D eigenvalue weighted by molar-refractivity contribution is 7.99.